The summed E-state index contributed by atoms with van der Waals surface area (Å²) < 4.78 is 0. The number of rotatable bonds is 10. The molecule has 0 fully saturated rings. The zero-order valence-electron chi connectivity index (χ0n) is 41.0. The summed E-state index contributed by atoms with van der Waals surface area (Å²) in [6, 6.07) is 102. The Morgan fingerprint density at radius 2 is 0.562 bits per heavy atom. The normalized spacial score (nSPS) is 12.4. The molecular weight excluding hydrogens is 881 g/mol. The van der Waals surface area contributed by atoms with Gasteiger partial charge in [-0.15, -0.1) is 0 Å². The van der Waals surface area contributed by atoms with Crippen LogP contribution in [0.4, 0.5) is 34.1 Å². The summed E-state index contributed by atoms with van der Waals surface area (Å²) in [6.07, 6.45) is 0. The molecule has 1 aliphatic rings. The lowest BCUT2D eigenvalue weighted by molar-refractivity contribution is 0.660. The first-order chi connectivity index (χ1) is 35.9. The van der Waals surface area contributed by atoms with Crippen molar-refractivity contribution in [2.24, 2.45) is 0 Å². The second-order valence-corrected chi connectivity index (χ2v) is 19.7. The monoisotopic (exact) mass is 932 g/mol. The van der Waals surface area contributed by atoms with E-state index >= 15 is 0 Å². The smallest absolute Gasteiger partial charge is 0.0540 e. The van der Waals surface area contributed by atoms with Crippen molar-refractivity contribution in [3.05, 3.63) is 290 Å². The fourth-order valence-electron chi connectivity index (χ4n) is 11.3. The molecule has 0 amide bonds. The van der Waals surface area contributed by atoms with Gasteiger partial charge in [0.15, 0.2) is 0 Å². The first-order valence-electron chi connectivity index (χ1n) is 25.3. The van der Waals surface area contributed by atoms with E-state index in [0.717, 1.165) is 34.1 Å². The van der Waals surface area contributed by atoms with Gasteiger partial charge in [-0.25, -0.2) is 0 Å². The van der Waals surface area contributed by atoms with E-state index in [4.69, 9.17) is 0 Å². The third kappa shape index (κ3) is 7.95. The van der Waals surface area contributed by atoms with E-state index in [2.05, 4.69) is 303 Å². The number of benzene rings is 12. The molecule has 12 aromatic carbocycles. The van der Waals surface area contributed by atoms with E-state index < -0.39 is 0 Å². The van der Waals surface area contributed by atoms with Crippen LogP contribution in [-0.4, -0.2) is 0 Å². The molecule has 0 heterocycles. The molecule has 13 rings (SSSR count). The molecule has 0 N–H and O–H groups in total. The molecule has 0 atom stereocenters. The zero-order chi connectivity index (χ0) is 48.9. The van der Waals surface area contributed by atoms with Gasteiger partial charge in [0.05, 0.1) is 11.4 Å². The average Bonchev–Trinajstić information content (AvgIpc) is 3.68. The SMILES string of the molecule is CC1(C)c2cc(N(c3ccc(-c4cccc(-c5ccccc5)c4)cc3)c3cccc4ccccc34)ccc2-c2ccc(N(c3ccc(-c4cccc(-c5ccccc5)c4)cc3)c3cccc4ccccc34)cc21. The Balaban J connectivity index is 0.888. The van der Waals surface area contributed by atoms with E-state index in [9.17, 15) is 0 Å². The average molecular weight is 933 g/mol. The molecule has 73 heavy (non-hydrogen) atoms. The standard InChI is InChI=1S/C71H52N2/c1-71(2)67-47-61(72(69-31-15-23-53-21-9-11-29-63(53)69)59-37-33-51(34-38-59)57-27-13-25-55(45-57)49-17-5-3-6-18-49)41-43-65(67)66-44-42-62(48-68(66)71)73(70-32-16-24-54-22-10-12-30-64(54)70)60-39-35-52(36-40-60)58-28-14-26-56(46-58)50-19-7-4-8-20-50/h3-48H,1-2H3. The Morgan fingerprint density at radius 3 is 0.973 bits per heavy atom. The highest BCUT2D eigenvalue weighted by Crippen LogP contribution is 2.53. The Hall–Kier alpha value is -9.24. The summed E-state index contributed by atoms with van der Waals surface area (Å²) in [4.78, 5) is 4.89. The maximum Gasteiger partial charge on any atom is 0.0540 e. The number of hydrogen-bond donors (Lipinski definition) is 0. The summed E-state index contributed by atoms with van der Waals surface area (Å²) >= 11 is 0. The molecule has 2 nitrogen and oxygen atoms in total. The molecule has 12 aromatic rings. The second-order valence-electron chi connectivity index (χ2n) is 19.7. The van der Waals surface area contributed by atoms with Crippen molar-refractivity contribution >= 4 is 55.7 Å². The lowest BCUT2D eigenvalue weighted by Crippen LogP contribution is -2.18. The van der Waals surface area contributed by atoms with Crippen molar-refractivity contribution in [2.75, 3.05) is 9.80 Å². The van der Waals surface area contributed by atoms with Gasteiger partial charge in [0.25, 0.3) is 0 Å². The summed E-state index contributed by atoms with van der Waals surface area (Å²) in [5, 5.41) is 4.84. The van der Waals surface area contributed by atoms with Crippen LogP contribution in [0.25, 0.3) is 77.2 Å². The largest absolute Gasteiger partial charge is 0.310 e. The first kappa shape index (κ1) is 43.8. The van der Waals surface area contributed by atoms with Crippen LogP contribution in [0, 0.1) is 0 Å². The fraction of sp³-hybridized carbons (Fsp3) is 0.0423. The van der Waals surface area contributed by atoms with Gasteiger partial charge in [0, 0.05) is 38.9 Å². The van der Waals surface area contributed by atoms with Crippen molar-refractivity contribution < 1.29 is 0 Å². The third-order valence-corrected chi connectivity index (χ3v) is 15.0. The molecule has 1 aliphatic carbocycles. The van der Waals surface area contributed by atoms with Crippen LogP contribution in [0.15, 0.2) is 279 Å². The highest BCUT2D eigenvalue weighted by atomic mass is 15.1. The molecule has 0 saturated heterocycles. The molecular formula is C71H52N2. The van der Waals surface area contributed by atoms with Gasteiger partial charge in [-0.05, 0) is 150 Å². The van der Waals surface area contributed by atoms with Crippen LogP contribution >= 0.6 is 0 Å². The van der Waals surface area contributed by atoms with Crippen molar-refractivity contribution in [3.63, 3.8) is 0 Å². The molecule has 0 unspecified atom stereocenters. The van der Waals surface area contributed by atoms with E-state index in [1.165, 1.54) is 88.3 Å². The topological polar surface area (TPSA) is 6.48 Å². The second kappa shape index (κ2) is 18.2. The predicted octanol–water partition coefficient (Wildman–Crippen LogP) is 19.9. The lowest BCUT2D eigenvalue weighted by Gasteiger charge is -2.30. The Bertz CT molecular complexity index is 3710. The van der Waals surface area contributed by atoms with Gasteiger partial charge >= 0.3 is 0 Å². The Labute approximate surface area is 428 Å². The molecule has 0 radical (unpaired) electrons. The van der Waals surface area contributed by atoms with Crippen molar-refractivity contribution in [3.8, 4) is 55.6 Å². The molecule has 0 bridgehead atoms. The number of fused-ring (bicyclic) bond motifs is 5. The van der Waals surface area contributed by atoms with Gasteiger partial charge < -0.3 is 9.80 Å². The summed E-state index contributed by atoms with van der Waals surface area (Å²) in [6.45, 7) is 4.79. The minimum atomic E-state index is -0.299. The van der Waals surface area contributed by atoms with Crippen LogP contribution in [0.1, 0.15) is 25.0 Å². The molecule has 0 aromatic heterocycles. The van der Waals surface area contributed by atoms with Crippen LogP contribution in [0.5, 0.6) is 0 Å². The third-order valence-electron chi connectivity index (χ3n) is 15.0. The van der Waals surface area contributed by atoms with Crippen LogP contribution in [0.3, 0.4) is 0 Å². The van der Waals surface area contributed by atoms with Gasteiger partial charge in [-0.3, -0.25) is 0 Å². The van der Waals surface area contributed by atoms with Crippen LogP contribution in [0.2, 0.25) is 0 Å². The van der Waals surface area contributed by atoms with E-state index in [1.54, 1.807) is 0 Å². The highest BCUT2D eigenvalue weighted by Gasteiger charge is 2.37. The lowest BCUT2D eigenvalue weighted by atomic mass is 9.82. The van der Waals surface area contributed by atoms with E-state index in [-0.39, 0.29) is 5.41 Å². The summed E-state index contributed by atoms with van der Waals surface area (Å²) in [5.41, 5.74) is 21.3. The fourth-order valence-corrected chi connectivity index (χ4v) is 11.3. The number of anilines is 6. The van der Waals surface area contributed by atoms with Crippen molar-refractivity contribution in [1.29, 1.82) is 0 Å². The van der Waals surface area contributed by atoms with Gasteiger partial charge in [-0.1, -0.05) is 220 Å². The predicted molar refractivity (Wildman–Crippen MR) is 310 cm³/mol. The quantitative estimate of drug-likeness (QED) is 0.135. The van der Waals surface area contributed by atoms with E-state index in [0.29, 0.717) is 0 Å². The maximum absolute atomic E-state index is 2.45. The molecule has 346 valence electrons. The van der Waals surface area contributed by atoms with Crippen LogP contribution < -0.4 is 9.80 Å². The molecule has 0 aliphatic heterocycles. The highest BCUT2D eigenvalue weighted by molar-refractivity contribution is 6.01. The minimum Gasteiger partial charge on any atom is -0.310 e. The Morgan fingerprint density at radius 1 is 0.247 bits per heavy atom. The summed E-state index contributed by atoms with van der Waals surface area (Å²) in [7, 11) is 0. The molecule has 0 spiro atoms. The van der Waals surface area contributed by atoms with E-state index in [1.807, 2.05) is 0 Å². The number of hydrogen-bond acceptors (Lipinski definition) is 2. The zero-order valence-corrected chi connectivity index (χ0v) is 41.0. The van der Waals surface area contributed by atoms with Gasteiger partial charge in [0.1, 0.15) is 0 Å². The number of nitrogens with zero attached hydrogens (tertiary/aromatic N) is 2. The minimum absolute atomic E-state index is 0.299. The first-order valence-corrected chi connectivity index (χ1v) is 25.3. The molecule has 2 heteroatoms. The van der Waals surface area contributed by atoms with Crippen molar-refractivity contribution in [1.82, 2.24) is 0 Å². The van der Waals surface area contributed by atoms with Gasteiger partial charge in [-0.2, -0.15) is 0 Å². The van der Waals surface area contributed by atoms with Crippen molar-refractivity contribution in [2.45, 2.75) is 19.3 Å². The maximum atomic E-state index is 2.45. The van der Waals surface area contributed by atoms with Gasteiger partial charge in [0.2, 0.25) is 0 Å². The Kier molecular flexibility index (Phi) is 10.9. The summed E-state index contributed by atoms with van der Waals surface area (Å²) in [5.74, 6) is 0. The molecule has 0 saturated carbocycles. The van der Waals surface area contributed by atoms with Crippen LogP contribution in [-0.2, 0) is 5.41 Å².